The quantitative estimate of drug-likeness (QED) is 0.687. The minimum absolute atomic E-state index is 0.214. The van der Waals surface area contributed by atoms with E-state index in [1.807, 2.05) is 0 Å². The minimum Gasteiger partial charge on any atom is -0.504 e. The normalized spacial score (nSPS) is 18.6. The number of rotatable bonds is 4. The second-order valence-electron chi connectivity index (χ2n) is 4.31. The van der Waals surface area contributed by atoms with E-state index in [2.05, 4.69) is 0 Å². The van der Waals surface area contributed by atoms with Crippen LogP contribution in [0.1, 0.15) is 18.4 Å². The summed E-state index contributed by atoms with van der Waals surface area (Å²) in [5, 5.41) is 27.8. The maximum atomic E-state index is 11.1. The van der Waals surface area contributed by atoms with Crippen molar-refractivity contribution in [3.63, 3.8) is 0 Å². The molecule has 0 spiro atoms. The molecule has 1 aromatic rings. The fraction of sp³-hybridized carbons (Fsp3) is 0.417. The third kappa shape index (κ3) is 1.82. The Bertz CT molecular complexity index is 450. The van der Waals surface area contributed by atoms with Crippen LogP contribution in [0.5, 0.6) is 11.5 Å². The third-order valence-corrected chi connectivity index (χ3v) is 3.30. The Morgan fingerprint density at radius 3 is 2.41 bits per heavy atom. The summed E-state index contributed by atoms with van der Waals surface area (Å²) in [4.78, 5) is 11.1. The molecular formula is C12H14O5. The summed E-state index contributed by atoms with van der Waals surface area (Å²) in [5.74, 6) is -1.47. The van der Waals surface area contributed by atoms with E-state index in [-0.39, 0.29) is 11.5 Å². The Kier molecular flexibility index (Phi) is 2.71. The molecule has 1 aliphatic carbocycles. The van der Waals surface area contributed by atoms with E-state index in [0.29, 0.717) is 18.4 Å². The van der Waals surface area contributed by atoms with Crippen LogP contribution >= 0.6 is 0 Å². The molecule has 92 valence electrons. The van der Waals surface area contributed by atoms with Gasteiger partial charge in [-0.2, -0.15) is 0 Å². The fourth-order valence-corrected chi connectivity index (χ4v) is 2.23. The number of methoxy groups -OCH3 is 1. The van der Waals surface area contributed by atoms with Crippen LogP contribution in [0.2, 0.25) is 0 Å². The van der Waals surface area contributed by atoms with Gasteiger partial charge in [-0.1, -0.05) is 6.07 Å². The van der Waals surface area contributed by atoms with Gasteiger partial charge in [-0.05, 0) is 30.5 Å². The van der Waals surface area contributed by atoms with Gasteiger partial charge in [-0.15, -0.1) is 0 Å². The molecule has 1 atom stereocenters. The van der Waals surface area contributed by atoms with E-state index >= 15 is 0 Å². The molecule has 2 rings (SSSR count). The molecule has 0 amide bonds. The largest absolute Gasteiger partial charge is 0.504 e. The van der Waals surface area contributed by atoms with E-state index in [4.69, 9.17) is 9.84 Å². The molecule has 3 N–H and O–H groups in total. The van der Waals surface area contributed by atoms with Crippen LogP contribution in [0.4, 0.5) is 0 Å². The Balaban J connectivity index is 2.38. The van der Waals surface area contributed by atoms with Crippen molar-refractivity contribution in [3.05, 3.63) is 23.8 Å². The summed E-state index contributed by atoms with van der Waals surface area (Å²) in [7, 11) is 1.36. The molecule has 0 bridgehead atoms. The number of hydrogen-bond donors (Lipinski definition) is 3. The van der Waals surface area contributed by atoms with Crippen LogP contribution in [0.25, 0.3) is 0 Å². The second-order valence-corrected chi connectivity index (χ2v) is 4.31. The Morgan fingerprint density at radius 2 is 2.00 bits per heavy atom. The molecule has 1 aromatic carbocycles. The van der Waals surface area contributed by atoms with Gasteiger partial charge in [-0.25, -0.2) is 4.79 Å². The topological polar surface area (TPSA) is 87.0 Å². The average Bonchev–Trinajstić information content (AvgIpc) is 3.04. The minimum atomic E-state index is -1.02. The van der Waals surface area contributed by atoms with Crippen molar-refractivity contribution in [1.29, 1.82) is 0 Å². The molecule has 1 unspecified atom stereocenters. The van der Waals surface area contributed by atoms with Crippen molar-refractivity contribution < 1.29 is 24.9 Å². The molecule has 0 aliphatic heterocycles. The van der Waals surface area contributed by atoms with Crippen LogP contribution in [-0.2, 0) is 14.9 Å². The highest BCUT2D eigenvalue weighted by atomic mass is 16.5. The molecule has 1 fully saturated rings. The molecule has 0 saturated heterocycles. The van der Waals surface area contributed by atoms with Gasteiger partial charge < -0.3 is 20.1 Å². The lowest BCUT2D eigenvalue weighted by Crippen LogP contribution is -2.35. The van der Waals surface area contributed by atoms with Gasteiger partial charge in [0.25, 0.3) is 0 Å². The predicted octanol–water partition coefficient (Wildman–Crippen LogP) is 1.23. The number of benzene rings is 1. The van der Waals surface area contributed by atoms with Crippen LogP contribution in [0.15, 0.2) is 18.2 Å². The Labute approximate surface area is 98.3 Å². The van der Waals surface area contributed by atoms with E-state index in [1.54, 1.807) is 6.07 Å². The van der Waals surface area contributed by atoms with Gasteiger partial charge in [0, 0.05) is 12.5 Å². The van der Waals surface area contributed by atoms with Crippen LogP contribution in [-0.4, -0.2) is 34.5 Å². The maximum absolute atomic E-state index is 11.1. The van der Waals surface area contributed by atoms with Crippen LogP contribution in [0.3, 0.4) is 0 Å². The highest BCUT2D eigenvalue weighted by Crippen LogP contribution is 2.53. The highest BCUT2D eigenvalue weighted by molar-refractivity contribution is 5.76. The molecule has 5 nitrogen and oxygen atoms in total. The molecular weight excluding hydrogens is 224 g/mol. The Hall–Kier alpha value is -1.75. The predicted molar refractivity (Wildman–Crippen MR) is 59.1 cm³/mol. The number of carboxylic acid groups (broad SMARTS) is 1. The summed E-state index contributed by atoms with van der Waals surface area (Å²) in [6.07, 6.45) is 0.468. The van der Waals surface area contributed by atoms with Crippen LogP contribution in [0, 0.1) is 0 Å². The lowest BCUT2D eigenvalue weighted by Gasteiger charge is -2.22. The van der Waals surface area contributed by atoms with Gasteiger partial charge in [-0.3, -0.25) is 0 Å². The first-order chi connectivity index (χ1) is 8.01. The summed E-state index contributed by atoms with van der Waals surface area (Å²) < 4.78 is 5.02. The van der Waals surface area contributed by atoms with Crippen molar-refractivity contribution in [2.24, 2.45) is 0 Å². The number of hydrogen-bond acceptors (Lipinski definition) is 4. The first-order valence-electron chi connectivity index (χ1n) is 5.29. The second kappa shape index (κ2) is 3.92. The molecule has 0 radical (unpaired) electrons. The van der Waals surface area contributed by atoms with Crippen molar-refractivity contribution in [2.75, 3.05) is 7.11 Å². The number of aromatic hydroxyl groups is 2. The molecule has 0 heterocycles. The Morgan fingerprint density at radius 1 is 1.35 bits per heavy atom. The average molecular weight is 238 g/mol. The first kappa shape index (κ1) is 11.7. The molecule has 1 saturated carbocycles. The lowest BCUT2D eigenvalue weighted by atomic mass is 9.89. The standard InChI is InChI=1S/C12H14O5/c1-17-10(11(15)16)12(4-5-12)7-2-3-8(13)9(14)6-7/h2-3,6,10,13-14H,4-5H2,1H3,(H,15,16). The zero-order valence-electron chi connectivity index (χ0n) is 9.38. The highest BCUT2D eigenvalue weighted by Gasteiger charge is 2.54. The molecule has 1 aliphatic rings. The SMILES string of the molecule is COC(C(=O)O)C1(c2ccc(O)c(O)c2)CC1. The summed E-state index contributed by atoms with van der Waals surface area (Å²) in [5.41, 5.74) is 0.105. The monoisotopic (exact) mass is 238 g/mol. The van der Waals surface area contributed by atoms with Crippen LogP contribution < -0.4 is 0 Å². The third-order valence-electron chi connectivity index (χ3n) is 3.30. The molecule has 5 heteroatoms. The number of carbonyl (C=O) groups is 1. The van der Waals surface area contributed by atoms with Crippen molar-refractivity contribution >= 4 is 5.97 Å². The van der Waals surface area contributed by atoms with Crippen molar-refractivity contribution in [2.45, 2.75) is 24.4 Å². The summed E-state index contributed by atoms with van der Waals surface area (Å²) in [6.45, 7) is 0. The molecule has 17 heavy (non-hydrogen) atoms. The zero-order chi connectivity index (χ0) is 12.6. The zero-order valence-corrected chi connectivity index (χ0v) is 9.38. The van der Waals surface area contributed by atoms with Gasteiger partial charge in [0.15, 0.2) is 17.6 Å². The van der Waals surface area contributed by atoms with Gasteiger partial charge in [0.1, 0.15) is 0 Å². The number of ether oxygens (including phenoxy) is 1. The maximum Gasteiger partial charge on any atom is 0.333 e. The summed E-state index contributed by atoms with van der Waals surface area (Å²) >= 11 is 0. The van der Waals surface area contributed by atoms with Crippen molar-refractivity contribution in [1.82, 2.24) is 0 Å². The number of aliphatic carboxylic acids is 1. The number of phenols is 2. The van der Waals surface area contributed by atoms with E-state index in [0.717, 1.165) is 0 Å². The van der Waals surface area contributed by atoms with Gasteiger partial charge >= 0.3 is 5.97 Å². The number of carboxylic acids is 1. The van der Waals surface area contributed by atoms with Gasteiger partial charge in [0.05, 0.1) is 0 Å². The van der Waals surface area contributed by atoms with E-state index < -0.39 is 17.5 Å². The molecule has 0 aromatic heterocycles. The fourth-order valence-electron chi connectivity index (χ4n) is 2.23. The van der Waals surface area contributed by atoms with Gasteiger partial charge in [0.2, 0.25) is 0 Å². The number of phenolic OH excluding ortho intramolecular Hbond substituents is 2. The van der Waals surface area contributed by atoms with E-state index in [9.17, 15) is 15.0 Å². The first-order valence-corrected chi connectivity index (χ1v) is 5.29. The van der Waals surface area contributed by atoms with Crippen molar-refractivity contribution in [3.8, 4) is 11.5 Å². The lowest BCUT2D eigenvalue weighted by molar-refractivity contribution is -0.150. The summed E-state index contributed by atoms with van der Waals surface area (Å²) in [6, 6.07) is 4.38. The van der Waals surface area contributed by atoms with E-state index in [1.165, 1.54) is 19.2 Å². The smallest absolute Gasteiger partial charge is 0.333 e.